The predicted octanol–water partition coefficient (Wildman–Crippen LogP) is 5.15. The quantitative estimate of drug-likeness (QED) is 0.418. The molecule has 0 unspecified atom stereocenters. The largest absolute Gasteiger partial charge is 0.493 e. The van der Waals surface area contributed by atoms with Crippen molar-refractivity contribution in [3.8, 4) is 5.75 Å². The van der Waals surface area contributed by atoms with Crippen molar-refractivity contribution < 1.29 is 22.4 Å². The average Bonchev–Trinajstić information content (AvgIpc) is 3.18. The molecule has 31 heavy (non-hydrogen) atoms. The van der Waals surface area contributed by atoms with Crippen molar-refractivity contribution in [2.45, 2.75) is 4.90 Å². The number of anilines is 2. The third-order valence-electron chi connectivity index (χ3n) is 4.45. The van der Waals surface area contributed by atoms with E-state index in [1.807, 2.05) is 6.07 Å². The van der Waals surface area contributed by atoms with Gasteiger partial charge in [-0.3, -0.25) is 9.52 Å². The van der Waals surface area contributed by atoms with E-state index in [-0.39, 0.29) is 10.7 Å². The van der Waals surface area contributed by atoms with Gasteiger partial charge in [0.05, 0.1) is 17.7 Å². The molecule has 0 saturated carbocycles. The van der Waals surface area contributed by atoms with Gasteiger partial charge in [-0.25, -0.2) is 8.42 Å². The summed E-state index contributed by atoms with van der Waals surface area (Å²) in [4.78, 5) is 12.6. The molecule has 158 valence electrons. The van der Waals surface area contributed by atoms with Crippen LogP contribution >= 0.6 is 11.6 Å². The van der Waals surface area contributed by atoms with Crippen LogP contribution in [-0.4, -0.2) is 21.4 Å². The molecule has 1 aromatic heterocycles. The molecule has 0 aliphatic carbocycles. The zero-order chi connectivity index (χ0) is 22.0. The number of benzene rings is 3. The normalized spacial score (nSPS) is 11.3. The Morgan fingerprint density at radius 2 is 1.71 bits per heavy atom. The van der Waals surface area contributed by atoms with E-state index in [1.54, 1.807) is 36.4 Å². The summed E-state index contributed by atoms with van der Waals surface area (Å²) in [6.45, 7) is 0. The summed E-state index contributed by atoms with van der Waals surface area (Å²) in [5.74, 6) is 0.169. The maximum Gasteiger partial charge on any atom is 0.291 e. The molecule has 0 atom stereocenters. The molecule has 4 rings (SSSR count). The minimum absolute atomic E-state index is 0.0407. The number of methoxy groups -OCH3 is 1. The molecule has 1 heterocycles. The number of para-hydroxylation sites is 1. The van der Waals surface area contributed by atoms with Crippen LogP contribution < -0.4 is 14.8 Å². The third-order valence-corrected chi connectivity index (χ3v) is 6.08. The van der Waals surface area contributed by atoms with Crippen LogP contribution in [0.15, 0.2) is 82.1 Å². The molecule has 0 spiro atoms. The molecule has 7 nitrogen and oxygen atoms in total. The minimum atomic E-state index is -3.81. The molecule has 0 radical (unpaired) electrons. The molecule has 0 aliphatic rings. The minimum Gasteiger partial charge on any atom is -0.493 e. The molecule has 3 aromatic carbocycles. The number of fused-ring (bicyclic) bond motifs is 1. The number of amides is 1. The Balaban J connectivity index is 1.50. The fourth-order valence-electron chi connectivity index (χ4n) is 2.99. The molecule has 4 aromatic rings. The summed E-state index contributed by atoms with van der Waals surface area (Å²) in [5, 5.41) is 3.84. The van der Waals surface area contributed by atoms with Crippen LogP contribution in [-0.2, 0) is 10.0 Å². The lowest BCUT2D eigenvalue weighted by Gasteiger charge is -2.09. The standard InChI is InChI=1S/C22H17ClN2O5S/c1-29-19-7-2-4-14-12-20(30-21(14)19)22(26)24-16-8-10-18(11-9-16)31(27,28)25-17-6-3-5-15(23)13-17/h2-13,25H,1H3,(H,24,26). The van der Waals surface area contributed by atoms with Gasteiger partial charge < -0.3 is 14.5 Å². The van der Waals surface area contributed by atoms with E-state index in [9.17, 15) is 13.2 Å². The van der Waals surface area contributed by atoms with Gasteiger partial charge in [-0.1, -0.05) is 29.8 Å². The summed E-state index contributed by atoms with van der Waals surface area (Å²) in [6.07, 6.45) is 0. The second kappa shape index (κ2) is 8.33. The van der Waals surface area contributed by atoms with Crippen LogP contribution in [0.5, 0.6) is 5.75 Å². The van der Waals surface area contributed by atoms with E-state index in [1.165, 1.54) is 37.4 Å². The van der Waals surface area contributed by atoms with E-state index in [2.05, 4.69) is 10.0 Å². The highest BCUT2D eigenvalue weighted by molar-refractivity contribution is 7.92. The zero-order valence-electron chi connectivity index (χ0n) is 16.3. The van der Waals surface area contributed by atoms with Crippen molar-refractivity contribution in [1.82, 2.24) is 0 Å². The van der Waals surface area contributed by atoms with E-state index in [0.29, 0.717) is 27.7 Å². The molecular weight excluding hydrogens is 440 g/mol. The fourth-order valence-corrected chi connectivity index (χ4v) is 4.22. The number of hydrogen-bond acceptors (Lipinski definition) is 5. The highest BCUT2D eigenvalue weighted by Gasteiger charge is 2.17. The van der Waals surface area contributed by atoms with Gasteiger partial charge in [0.15, 0.2) is 17.1 Å². The van der Waals surface area contributed by atoms with Crippen LogP contribution in [0.4, 0.5) is 11.4 Å². The number of carbonyl (C=O) groups excluding carboxylic acids is 1. The van der Waals surface area contributed by atoms with Crippen molar-refractivity contribution in [3.63, 3.8) is 0 Å². The van der Waals surface area contributed by atoms with Gasteiger partial charge in [-0.05, 0) is 54.6 Å². The lowest BCUT2D eigenvalue weighted by Crippen LogP contribution is -2.14. The topological polar surface area (TPSA) is 97.6 Å². The van der Waals surface area contributed by atoms with Gasteiger partial charge in [0.2, 0.25) is 0 Å². The summed E-state index contributed by atoms with van der Waals surface area (Å²) in [7, 11) is -2.28. The maximum atomic E-state index is 12.6. The fraction of sp³-hybridized carbons (Fsp3) is 0.0455. The lowest BCUT2D eigenvalue weighted by atomic mass is 10.2. The van der Waals surface area contributed by atoms with Crippen molar-refractivity contribution in [3.05, 3.63) is 83.6 Å². The molecule has 0 fully saturated rings. The first kappa shape index (κ1) is 20.8. The van der Waals surface area contributed by atoms with Crippen molar-refractivity contribution in [1.29, 1.82) is 0 Å². The summed E-state index contributed by atoms with van der Waals surface area (Å²) < 4.78 is 38.4. The van der Waals surface area contributed by atoms with Crippen LogP contribution in [0, 0.1) is 0 Å². The van der Waals surface area contributed by atoms with E-state index >= 15 is 0 Å². The zero-order valence-corrected chi connectivity index (χ0v) is 17.8. The molecule has 0 saturated heterocycles. The number of rotatable bonds is 6. The number of nitrogens with one attached hydrogen (secondary N) is 2. The van der Waals surface area contributed by atoms with Crippen LogP contribution in [0.2, 0.25) is 5.02 Å². The highest BCUT2D eigenvalue weighted by atomic mass is 35.5. The Kier molecular flexibility index (Phi) is 5.58. The summed E-state index contributed by atoms with van der Waals surface area (Å²) >= 11 is 5.89. The first-order valence-electron chi connectivity index (χ1n) is 9.12. The molecular formula is C22H17ClN2O5S. The van der Waals surface area contributed by atoms with Gasteiger partial charge in [0, 0.05) is 16.1 Å². The Hall–Kier alpha value is -3.49. The maximum absolute atomic E-state index is 12.6. The average molecular weight is 457 g/mol. The number of ether oxygens (including phenoxy) is 1. The predicted molar refractivity (Wildman–Crippen MR) is 119 cm³/mol. The van der Waals surface area contributed by atoms with E-state index in [0.717, 1.165) is 5.39 Å². The van der Waals surface area contributed by atoms with Crippen LogP contribution in [0.1, 0.15) is 10.6 Å². The number of furan rings is 1. The number of carbonyl (C=O) groups is 1. The highest BCUT2D eigenvalue weighted by Crippen LogP contribution is 2.29. The molecule has 1 amide bonds. The third kappa shape index (κ3) is 4.50. The molecule has 0 bridgehead atoms. The van der Waals surface area contributed by atoms with Gasteiger partial charge in [0.25, 0.3) is 15.9 Å². The van der Waals surface area contributed by atoms with Gasteiger partial charge in [-0.15, -0.1) is 0 Å². The van der Waals surface area contributed by atoms with Gasteiger partial charge in [0.1, 0.15) is 0 Å². The monoisotopic (exact) mass is 456 g/mol. The molecule has 2 N–H and O–H groups in total. The van der Waals surface area contributed by atoms with Crippen LogP contribution in [0.3, 0.4) is 0 Å². The molecule has 0 aliphatic heterocycles. The van der Waals surface area contributed by atoms with E-state index in [4.69, 9.17) is 20.8 Å². The lowest BCUT2D eigenvalue weighted by molar-refractivity contribution is 0.0998. The second-order valence-corrected chi connectivity index (χ2v) is 8.70. The Morgan fingerprint density at radius 3 is 2.42 bits per heavy atom. The van der Waals surface area contributed by atoms with Crippen molar-refractivity contribution in [2.24, 2.45) is 0 Å². The van der Waals surface area contributed by atoms with Crippen molar-refractivity contribution >= 4 is 49.9 Å². The Labute approximate surface area is 183 Å². The smallest absolute Gasteiger partial charge is 0.291 e. The SMILES string of the molecule is COc1cccc2cc(C(=O)Nc3ccc(S(=O)(=O)Nc4cccc(Cl)c4)cc3)oc12. The van der Waals surface area contributed by atoms with Crippen molar-refractivity contribution in [2.75, 3.05) is 17.1 Å². The summed E-state index contributed by atoms with van der Waals surface area (Å²) in [6, 6.07) is 19.1. The first-order chi connectivity index (χ1) is 14.9. The molecule has 9 heteroatoms. The van der Waals surface area contributed by atoms with Crippen LogP contribution in [0.25, 0.3) is 11.0 Å². The Bertz CT molecular complexity index is 1360. The number of sulfonamides is 1. The number of halogens is 1. The van der Waals surface area contributed by atoms with Gasteiger partial charge >= 0.3 is 0 Å². The second-order valence-electron chi connectivity index (χ2n) is 6.58. The summed E-state index contributed by atoms with van der Waals surface area (Å²) in [5.41, 5.74) is 1.24. The first-order valence-corrected chi connectivity index (χ1v) is 11.0. The number of hydrogen-bond donors (Lipinski definition) is 2. The van der Waals surface area contributed by atoms with E-state index < -0.39 is 15.9 Å². The Morgan fingerprint density at radius 1 is 0.968 bits per heavy atom. The van der Waals surface area contributed by atoms with Gasteiger partial charge in [-0.2, -0.15) is 0 Å².